The van der Waals surface area contributed by atoms with Crippen LogP contribution in [0.5, 0.6) is 0 Å². The predicted octanol–water partition coefficient (Wildman–Crippen LogP) is 1.80. The third-order valence-electron chi connectivity index (χ3n) is 3.18. The molecule has 0 radical (unpaired) electrons. The number of rotatable bonds is 9. The lowest BCUT2D eigenvalue weighted by molar-refractivity contribution is 0.348. The largest absolute Gasteiger partial charge is 0.356 e. The van der Waals surface area contributed by atoms with E-state index in [4.69, 9.17) is 0 Å². The van der Waals surface area contributed by atoms with Crippen molar-refractivity contribution >= 4 is 15.8 Å². The average Bonchev–Trinajstić information content (AvgIpc) is 2.35. The molecule has 5 nitrogen and oxygen atoms in total. The molecule has 0 fully saturated rings. The molecule has 0 aliphatic heterocycles. The Morgan fingerprint density at radius 1 is 1.20 bits per heavy atom. The number of guanidine groups is 1. The summed E-state index contributed by atoms with van der Waals surface area (Å²) in [6.45, 7) is 7.93. The van der Waals surface area contributed by atoms with Crippen molar-refractivity contribution in [2.75, 3.05) is 32.1 Å². The number of hydrogen-bond acceptors (Lipinski definition) is 3. The maximum Gasteiger partial charge on any atom is 0.190 e. The first-order valence-corrected chi connectivity index (χ1v) is 9.38. The fraction of sp³-hybridized carbons (Fsp3) is 0.929. The van der Waals surface area contributed by atoms with Crippen molar-refractivity contribution in [2.24, 2.45) is 10.4 Å². The van der Waals surface area contributed by atoms with Gasteiger partial charge in [-0.1, -0.05) is 33.6 Å². The first-order valence-electron chi connectivity index (χ1n) is 7.32. The number of hydrogen-bond donors (Lipinski definition) is 2. The Labute approximate surface area is 124 Å². The van der Waals surface area contributed by atoms with Crippen LogP contribution in [0.15, 0.2) is 4.99 Å². The molecule has 0 aromatic heterocycles. The van der Waals surface area contributed by atoms with Crippen molar-refractivity contribution in [1.82, 2.24) is 10.6 Å². The van der Waals surface area contributed by atoms with Gasteiger partial charge >= 0.3 is 0 Å². The Hall–Kier alpha value is -0.780. The van der Waals surface area contributed by atoms with Gasteiger partial charge in [-0.15, -0.1) is 0 Å². The smallest absolute Gasteiger partial charge is 0.190 e. The monoisotopic (exact) mass is 305 g/mol. The third kappa shape index (κ3) is 11.1. The fourth-order valence-corrected chi connectivity index (χ4v) is 2.60. The van der Waals surface area contributed by atoms with Crippen molar-refractivity contribution in [3.05, 3.63) is 0 Å². The number of sulfone groups is 1. The number of aliphatic imine (C=N–C) groups is 1. The second-order valence-electron chi connectivity index (χ2n) is 6.10. The molecular weight excluding hydrogens is 274 g/mol. The summed E-state index contributed by atoms with van der Waals surface area (Å²) in [6, 6.07) is 0. The Morgan fingerprint density at radius 3 is 2.35 bits per heavy atom. The summed E-state index contributed by atoms with van der Waals surface area (Å²) < 4.78 is 22.4. The van der Waals surface area contributed by atoms with Crippen LogP contribution in [0.25, 0.3) is 0 Å². The molecule has 0 spiro atoms. The lowest BCUT2D eigenvalue weighted by atomic mass is 9.90. The SMILES string of the molecule is CCCCCNC(=NC)NCC(C)(C)CCS(C)(=O)=O. The Morgan fingerprint density at radius 2 is 1.85 bits per heavy atom. The molecule has 0 bridgehead atoms. The van der Waals surface area contributed by atoms with Crippen LogP contribution in [-0.4, -0.2) is 46.5 Å². The molecule has 0 amide bonds. The highest BCUT2D eigenvalue weighted by Crippen LogP contribution is 2.19. The lowest BCUT2D eigenvalue weighted by Crippen LogP contribution is -2.42. The van der Waals surface area contributed by atoms with Crippen LogP contribution in [0.1, 0.15) is 46.5 Å². The van der Waals surface area contributed by atoms with E-state index in [0.717, 1.165) is 18.9 Å². The zero-order valence-electron chi connectivity index (χ0n) is 13.6. The van der Waals surface area contributed by atoms with E-state index < -0.39 is 9.84 Å². The van der Waals surface area contributed by atoms with Crippen molar-refractivity contribution in [3.8, 4) is 0 Å². The molecule has 0 atom stereocenters. The first-order chi connectivity index (χ1) is 9.20. The van der Waals surface area contributed by atoms with E-state index in [0.29, 0.717) is 13.0 Å². The van der Waals surface area contributed by atoms with Crippen LogP contribution in [0, 0.1) is 5.41 Å². The van der Waals surface area contributed by atoms with E-state index in [1.54, 1.807) is 7.05 Å². The molecule has 0 saturated carbocycles. The molecule has 6 heteroatoms. The molecular formula is C14H31N3O2S. The van der Waals surface area contributed by atoms with Gasteiger partial charge in [0.1, 0.15) is 9.84 Å². The second kappa shape index (κ2) is 9.21. The van der Waals surface area contributed by atoms with E-state index >= 15 is 0 Å². The highest BCUT2D eigenvalue weighted by Gasteiger charge is 2.20. The van der Waals surface area contributed by atoms with E-state index in [9.17, 15) is 8.42 Å². The summed E-state index contributed by atoms with van der Waals surface area (Å²) in [7, 11) is -1.15. The molecule has 0 heterocycles. The summed E-state index contributed by atoms with van der Waals surface area (Å²) in [6.07, 6.45) is 5.47. The van der Waals surface area contributed by atoms with Gasteiger partial charge in [-0.05, 0) is 18.3 Å². The van der Waals surface area contributed by atoms with Crippen molar-refractivity contribution in [2.45, 2.75) is 46.5 Å². The normalized spacial score (nSPS) is 13.3. The average molecular weight is 305 g/mol. The van der Waals surface area contributed by atoms with Crippen molar-refractivity contribution < 1.29 is 8.42 Å². The zero-order valence-corrected chi connectivity index (χ0v) is 14.4. The van der Waals surface area contributed by atoms with Gasteiger partial charge in [0.05, 0.1) is 5.75 Å². The van der Waals surface area contributed by atoms with Gasteiger partial charge < -0.3 is 10.6 Å². The lowest BCUT2D eigenvalue weighted by Gasteiger charge is -2.25. The zero-order chi connectivity index (χ0) is 15.6. The molecule has 2 N–H and O–H groups in total. The Balaban J connectivity index is 4.08. The Bertz CT molecular complexity index is 389. The molecule has 0 aromatic rings. The number of nitrogens with zero attached hydrogens (tertiary/aromatic N) is 1. The van der Waals surface area contributed by atoms with Gasteiger partial charge in [0.15, 0.2) is 5.96 Å². The van der Waals surface area contributed by atoms with E-state index in [-0.39, 0.29) is 11.2 Å². The predicted molar refractivity (Wildman–Crippen MR) is 87.0 cm³/mol. The molecule has 0 aromatic carbocycles. The highest BCUT2D eigenvalue weighted by atomic mass is 32.2. The van der Waals surface area contributed by atoms with E-state index in [2.05, 4.69) is 36.4 Å². The van der Waals surface area contributed by atoms with Gasteiger partial charge in [0.25, 0.3) is 0 Å². The van der Waals surface area contributed by atoms with Crippen LogP contribution in [0.4, 0.5) is 0 Å². The minimum Gasteiger partial charge on any atom is -0.356 e. The van der Waals surface area contributed by atoms with E-state index in [1.807, 2.05) is 0 Å². The minimum atomic E-state index is -2.90. The molecule has 120 valence electrons. The van der Waals surface area contributed by atoms with Gasteiger partial charge in [-0.3, -0.25) is 4.99 Å². The second-order valence-corrected chi connectivity index (χ2v) is 8.36. The maximum absolute atomic E-state index is 11.2. The first kappa shape index (κ1) is 19.2. The highest BCUT2D eigenvalue weighted by molar-refractivity contribution is 7.90. The number of unbranched alkanes of at least 4 members (excludes halogenated alkanes) is 2. The fourth-order valence-electron chi connectivity index (χ4n) is 1.68. The van der Waals surface area contributed by atoms with Gasteiger partial charge in [-0.25, -0.2) is 8.42 Å². The molecule has 20 heavy (non-hydrogen) atoms. The van der Waals surface area contributed by atoms with Crippen LogP contribution in [-0.2, 0) is 9.84 Å². The van der Waals surface area contributed by atoms with Crippen LogP contribution < -0.4 is 10.6 Å². The Kier molecular flexibility index (Phi) is 8.85. The quantitative estimate of drug-likeness (QED) is 0.387. The summed E-state index contributed by atoms with van der Waals surface area (Å²) in [5.74, 6) is 1.01. The third-order valence-corrected chi connectivity index (χ3v) is 4.13. The summed E-state index contributed by atoms with van der Waals surface area (Å²) in [4.78, 5) is 4.17. The van der Waals surface area contributed by atoms with Gasteiger partial charge in [-0.2, -0.15) is 0 Å². The van der Waals surface area contributed by atoms with Crippen LogP contribution >= 0.6 is 0 Å². The minimum absolute atomic E-state index is 0.0792. The van der Waals surface area contributed by atoms with E-state index in [1.165, 1.54) is 19.1 Å². The van der Waals surface area contributed by atoms with Crippen LogP contribution in [0.2, 0.25) is 0 Å². The van der Waals surface area contributed by atoms with Gasteiger partial charge in [0, 0.05) is 26.4 Å². The molecule has 0 saturated heterocycles. The summed E-state index contributed by atoms with van der Waals surface area (Å²) in [5.41, 5.74) is -0.0792. The summed E-state index contributed by atoms with van der Waals surface area (Å²) in [5, 5.41) is 6.54. The topological polar surface area (TPSA) is 70.6 Å². The van der Waals surface area contributed by atoms with Gasteiger partial charge in [0.2, 0.25) is 0 Å². The number of nitrogens with one attached hydrogen (secondary N) is 2. The molecule has 0 unspecified atom stereocenters. The molecule has 0 rings (SSSR count). The molecule has 0 aliphatic rings. The summed E-state index contributed by atoms with van der Waals surface area (Å²) >= 11 is 0. The molecule has 0 aliphatic carbocycles. The van der Waals surface area contributed by atoms with Crippen LogP contribution in [0.3, 0.4) is 0 Å². The van der Waals surface area contributed by atoms with Crippen molar-refractivity contribution in [3.63, 3.8) is 0 Å². The maximum atomic E-state index is 11.2. The standard InChI is InChI=1S/C14H31N3O2S/c1-6-7-8-10-16-13(15-4)17-12-14(2,3)9-11-20(5,18)19/h6-12H2,1-5H3,(H2,15,16,17). The van der Waals surface area contributed by atoms with Crippen molar-refractivity contribution in [1.29, 1.82) is 0 Å².